The van der Waals surface area contributed by atoms with E-state index in [0.717, 1.165) is 11.1 Å². The van der Waals surface area contributed by atoms with Gasteiger partial charge in [0, 0.05) is 36.8 Å². The maximum absolute atomic E-state index is 13.2. The molecule has 280 valence electrons. The Labute approximate surface area is 304 Å². The van der Waals surface area contributed by atoms with Crippen LogP contribution >= 0.6 is 0 Å². The molecule has 0 radical (unpaired) electrons. The molecule has 52 heavy (non-hydrogen) atoms. The van der Waals surface area contributed by atoms with Crippen molar-refractivity contribution in [2.75, 3.05) is 83.3 Å². The number of rotatable bonds is 23. The van der Waals surface area contributed by atoms with Crippen LogP contribution in [0, 0.1) is 0 Å². The highest BCUT2D eigenvalue weighted by atomic mass is 32.2. The predicted molar refractivity (Wildman–Crippen MR) is 199 cm³/mol. The molecule has 0 unspecified atom stereocenters. The number of aliphatic imine (C=N–C) groups is 1. The first-order valence-corrected chi connectivity index (χ1v) is 18.0. The van der Waals surface area contributed by atoms with Crippen molar-refractivity contribution in [2.24, 2.45) is 4.99 Å². The van der Waals surface area contributed by atoms with Crippen LogP contribution in [0.4, 0.5) is 21.0 Å². The number of sulfonamides is 1. The molecule has 14 nitrogen and oxygen atoms in total. The molecule has 0 aliphatic carbocycles. The van der Waals surface area contributed by atoms with Crippen LogP contribution in [0.5, 0.6) is 0 Å². The second-order valence-corrected chi connectivity index (χ2v) is 12.3. The van der Waals surface area contributed by atoms with Crippen molar-refractivity contribution >= 4 is 39.8 Å². The molecule has 3 rings (SSSR count). The Balaban J connectivity index is 1.29. The number of nitrogens with zero attached hydrogens (tertiary/aromatic N) is 1. The average molecular weight is 739 g/mol. The van der Waals surface area contributed by atoms with Crippen LogP contribution in [0.2, 0.25) is 0 Å². The average Bonchev–Trinajstić information content (AvgIpc) is 3.15. The third kappa shape index (κ3) is 16.3. The molecule has 0 saturated carbocycles. The molecule has 15 heteroatoms. The van der Waals surface area contributed by atoms with Gasteiger partial charge in [-0.3, -0.25) is 9.71 Å². The number of methoxy groups -OCH3 is 1. The molecular formula is C37H46N4O10S. The van der Waals surface area contributed by atoms with Gasteiger partial charge >= 0.3 is 12.2 Å². The Morgan fingerprint density at radius 1 is 0.750 bits per heavy atom. The Morgan fingerprint density at radius 2 is 1.37 bits per heavy atom. The van der Waals surface area contributed by atoms with E-state index in [0.29, 0.717) is 56.6 Å². The number of allylic oxidation sites excluding steroid dienone is 2. The predicted octanol–water partition coefficient (Wildman–Crippen LogP) is 5.66. The van der Waals surface area contributed by atoms with Gasteiger partial charge in [-0.25, -0.2) is 18.0 Å². The van der Waals surface area contributed by atoms with Crippen molar-refractivity contribution in [2.45, 2.75) is 11.8 Å². The van der Waals surface area contributed by atoms with E-state index >= 15 is 0 Å². The number of nitrogens with one attached hydrogen (secondary N) is 3. The summed E-state index contributed by atoms with van der Waals surface area (Å²) in [6, 6.07) is 22.0. The van der Waals surface area contributed by atoms with E-state index < -0.39 is 22.2 Å². The highest BCUT2D eigenvalue weighted by Gasteiger charge is 2.19. The zero-order valence-corrected chi connectivity index (χ0v) is 30.1. The molecule has 0 aromatic heterocycles. The van der Waals surface area contributed by atoms with Gasteiger partial charge in [-0.2, -0.15) is 0 Å². The van der Waals surface area contributed by atoms with E-state index in [1.54, 1.807) is 67.8 Å². The van der Waals surface area contributed by atoms with Gasteiger partial charge in [0.05, 0.1) is 51.1 Å². The summed E-state index contributed by atoms with van der Waals surface area (Å²) in [6.07, 6.45) is 5.80. The maximum Gasteiger partial charge on any atom is 0.510 e. The van der Waals surface area contributed by atoms with Crippen molar-refractivity contribution in [1.29, 1.82) is 0 Å². The Kier molecular flexibility index (Phi) is 19.2. The van der Waals surface area contributed by atoms with Gasteiger partial charge in [0.2, 0.25) is 0 Å². The minimum Gasteiger partial charge on any atom is -0.432 e. The number of hydrogen-bond acceptors (Lipinski definition) is 11. The SMILES string of the molecule is C/C=C(\C=C/C=NCOC(=O)OCCOCCOCCOCCOC)CNC(=O)Nc1ccc(NS(=O)(=O)c2ccccc2-c2ccccc2)cc1. The van der Waals surface area contributed by atoms with Gasteiger partial charge in [-0.15, -0.1) is 0 Å². The number of amides is 2. The van der Waals surface area contributed by atoms with E-state index in [4.69, 9.17) is 28.4 Å². The highest BCUT2D eigenvalue weighted by molar-refractivity contribution is 7.92. The fourth-order valence-electron chi connectivity index (χ4n) is 4.27. The van der Waals surface area contributed by atoms with Crippen LogP contribution in [-0.2, 0) is 38.4 Å². The first kappa shape index (κ1) is 41.4. The summed E-state index contributed by atoms with van der Waals surface area (Å²) in [7, 11) is -2.28. The Morgan fingerprint density at radius 3 is 2.04 bits per heavy atom. The molecule has 3 aromatic rings. The quantitative estimate of drug-likeness (QED) is 0.0478. The van der Waals surface area contributed by atoms with Gasteiger partial charge < -0.3 is 39.1 Å². The fraction of sp³-hybridized carbons (Fsp3) is 0.324. The highest BCUT2D eigenvalue weighted by Crippen LogP contribution is 2.28. The van der Waals surface area contributed by atoms with E-state index in [-0.39, 0.29) is 31.4 Å². The third-order valence-corrected chi connectivity index (χ3v) is 8.30. The second kappa shape index (κ2) is 24.2. The maximum atomic E-state index is 13.2. The minimum atomic E-state index is -3.89. The zero-order chi connectivity index (χ0) is 37.3. The van der Waals surface area contributed by atoms with Gasteiger partial charge in [-0.05, 0) is 54.5 Å². The molecule has 0 aliphatic heterocycles. The summed E-state index contributed by atoms with van der Waals surface area (Å²) in [5, 5.41) is 5.48. The topological polar surface area (TPSA) is 172 Å². The normalized spacial score (nSPS) is 11.8. The summed E-state index contributed by atoms with van der Waals surface area (Å²) in [6.45, 7) is 4.82. The fourth-order valence-corrected chi connectivity index (χ4v) is 5.56. The van der Waals surface area contributed by atoms with Crippen molar-refractivity contribution in [3.8, 4) is 11.1 Å². The number of urea groups is 1. The lowest BCUT2D eigenvalue weighted by molar-refractivity contribution is -0.00807. The molecule has 0 fully saturated rings. The smallest absolute Gasteiger partial charge is 0.432 e. The first-order valence-electron chi connectivity index (χ1n) is 16.5. The van der Waals surface area contributed by atoms with Crippen molar-refractivity contribution in [3.05, 3.63) is 103 Å². The minimum absolute atomic E-state index is 0.0334. The first-order chi connectivity index (χ1) is 25.3. The van der Waals surface area contributed by atoms with Crippen molar-refractivity contribution < 1.29 is 46.4 Å². The van der Waals surface area contributed by atoms with Gasteiger partial charge in [0.25, 0.3) is 10.0 Å². The number of ether oxygens (including phenoxy) is 6. The molecule has 3 N–H and O–H groups in total. The molecule has 0 saturated heterocycles. The summed E-state index contributed by atoms with van der Waals surface area (Å²) in [5.74, 6) is 0. The molecule has 0 atom stereocenters. The summed E-state index contributed by atoms with van der Waals surface area (Å²) in [5.41, 5.74) is 2.99. The number of carbonyl (C=O) groups excluding carboxylic acids is 2. The van der Waals surface area contributed by atoms with Crippen LogP contribution in [0.15, 0.2) is 113 Å². The Hall–Kier alpha value is -5.06. The van der Waals surface area contributed by atoms with Crippen molar-refractivity contribution in [3.63, 3.8) is 0 Å². The number of anilines is 2. The Bertz CT molecular complexity index is 1700. The van der Waals surface area contributed by atoms with Crippen molar-refractivity contribution in [1.82, 2.24) is 5.32 Å². The van der Waals surface area contributed by atoms with Gasteiger partial charge in [-0.1, -0.05) is 60.7 Å². The molecule has 2 amide bonds. The standard InChI is InChI=1S/C37H46N4O10S/c1-3-30(10-9-19-38-29-51-37(43)50-27-26-49-25-24-48-23-22-47-21-20-46-2)28-39-36(42)40-32-15-17-33(18-16-32)41-52(44,45)35-14-8-7-13-34(35)31-11-5-4-6-12-31/h3-19,41H,20-29H2,1-2H3,(H2,39,40,42)/b10-9-,30-3+,38-19?. The van der Waals surface area contributed by atoms with E-state index in [2.05, 4.69) is 20.3 Å². The monoisotopic (exact) mass is 738 g/mol. The number of carbonyl (C=O) groups is 2. The second-order valence-electron chi connectivity index (χ2n) is 10.6. The van der Waals surface area contributed by atoms with Crippen LogP contribution in [0.1, 0.15) is 6.92 Å². The molecular weight excluding hydrogens is 692 g/mol. The lowest BCUT2D eigenvalue weighted by Crippen LogP contribution is -2.30. The summed E-state index contributed by atoms with van der Waals surface area (Å²) >= 11 is 0. The molecule has 0 bridgehead atoms. The van der Waals surface area contributed by atoms with E-state index in [9.17, 15) is 18.0 Å². The zero-order valence-electron chi connectivity index (χ0n) is 29.3. The lowest BCUT2D eigenvalue weighted by Gasteiger charge is -2.13. The van der Waals surface area contributed by atoms with E-state index in [1.165, 1.54) is 6.21 Å². The molecule has 0 aliphatic rings. The van der Waals surface area contributed by atoms with Crippen LogP contribution in [0.25, 0.3) is 11.1 Å². The molecule has 0 heterocycles. The van der Waals surface area contributed by atoms with Crippen LogP contribution < -0.4 is 15.4 Å². The number of hydrogen-bond donors (Lipinski definition) is 3. The van der Waals surface area contributed by atoms with Crippen LogP contribution in [0.3, 0.4) is 0 Å². The third-order valence-electron chi connectivity index (χ3n) is 6.86. The number of benzene rings is 3. The van der Waals surface area contributed by atoms with Crippen LogP contribution in [-0.4, -0.2) is 100 Å². The van der Waals surface area contributed by atoms with E-state index in [1.807, 2.05) is 43.3 Å². The summed E-state index contributed by atoms with van der Waals surface area (Å²) in [4.78, 5) is 28.3. The molecule has 0 spiro atoms. The lowest BCUT2D eigenvalue weighted by atomic mass is 10.1. The largest absolute Gasteiger partial charge is 0.510 e. The van der Waals surface area contributed by atoms with Gasteiger partial charge in [0.1, 0.15) is 6.61 Å². The van der Waals surface area contributed by atoms with Gasteiger partial charge in [0.15, 0.2) is 6.73 Å². The summed E-state index contributed by atoms with van der Waals surface area (Å²) < 4.78 is 59.7. The molecule has 3 aromatic carbocycles.